The van der Waals surface area contributed by atoms with Crippen LogP contribution in [-0.2, 0) is 11.2 Å². The molecule has 0 aliphatic carbocycles. The van der Waals surface area contributed by atoms with Crippen molar-refractivity contribution in [3.05, 3.63) is 21.4 Å². The van der Waals surface area contributed by atoms with Gasteiger partial charge in [0.2, 0.25) is 0 Å². The summed E-state index contributed by atoms with van der Waals surface area (Å²) in [4.78, 5) is 16.7. The van der Waals surface area contributed by atoms with Crippen molar-refractivity contribution in [1.29, 1.82) is 0 Å². The average Bonchev–Trinajstić information content (AvgIpc) is 2.88. The zero-order valence-electron chi connectivity index (χ0n) is 13.5. The summed E-state index contributed by atoms with van der Waals surface area (Å²) >= 11 is 1.64. The minimum Gasteiger partial charge on any atom is -0.378 e. The van der Waals surface area contributed by atoms with Crippen molar-refractivity contribution in [3.8, 4) is 0 Å². The van der Waals surface area contributed by atoms with Gasteiger partial charge in [-0.3, -0.25) is 4.79 Å². The number of rotatable bonds is 6. The molecular formula is C16H27ClN2O2S. The highest BCUT2D eigenvalue weighted by molar-refractivity contribution is 7.14. The highest BCUT2D eigenvalue weighted by Gasteiger charge is 2.25. The van der Waals surface area contributed by atoms with Crippen LogP contribution in [0.3, 0.4) is 0 Å². The topological polar surface area (TPSA) is 55.6 Å². The van der Waals surface area contributed by atoms with Crippen LogP contribution in [0.4, 0.5) is 0 Å². The molecule has 2 rings (SSSR count). The Morgan fingerprint density at radius 3 is 2.68 bits per heavy atom. The summed E-state index contributed by atoms with van der Waals surface area (Å²) in [5, 5.41) is 0. The Balaban J connectivity index is 0.00000242. The molecule has 4 nitrogen and oxygen atoms in total. The van der Waals surface area contributed by atoms with Crippen LogP contribution in [0, 0.1) is 6.92 Å². The van der Waals surface area contributed by atoms with E-state index < -0.39 is 0 Å². The summed E-state index contributed by atoms with van der Waals surface area (Å²) < 4.78 is 5.78. The maximum absolute atomic E-state index is 12.5. The van der Waals surface area contributed by atoms with E-state index in [1.54, 1.807) is 11.3 Å². The van der Waals surface area contributed by atoms with Crippen molar-refractivity contribution in [2.45, 2.75) is 45.6 Å². The summed E-state index contributed by atoms with van der Waals surface area (Å²) in [6.07, 6.45) is 4.06. The van der Waals surface area contributed by atoms with Crippen LogP contribution in [-0.4, -0.2) is 43.2 Å². The lowest BCUT2D eigenvalue weighted by Gasteiger charge is -2.31. The van der Waals surface area contributed by atoms with Gasteiger partial charge in [0.25, 0.3) is 5.91 Å². The lowest BCUT2D eigenvalue weighted by molar-refractivity contribution is 0.00857. The summed E-state index contributed by atoms with van der Waals surface area (Å²) in [5.41, 5.74) is 6.71. The fourth-order valence-electron chi connectivity index (χ4n) is 2.69. The first kappa shape index (κ1) is 19.4. The van der Waals surface area contributed by atoms with Gasteiger partial charge in [-0.15, -0.1) is 23.7 Å². The van der Waals surface area contributed by atoms with Gasteiger partial charge < -0.3 is 15.4 Å². The molecule has 22 heavy (non-hydrogen) atoms. The molecule has 1 aliphatic heterocycles. The number of aryl methyl sites for hydroxylation is 2. The van der Waals surface area contributed by atoms with Gasteiger partial charge in [0.05, 0.1) is 11.0 Å². The van der Waals surface area contributed by atoms with Crippen molar-refractivity contribution >= 4 is 29.7 Å². The predicted molar refractivity (Wildman–Crippen MR) is 94.2 cm³/mol. The van der Waals surface area contributed by atoms with Gasteiger partial charge in [-0.2, -0.15) is 0 Å². The fourth-order valence-corrected chi connectivity index (χ4v) is 3.77. The molecule has 2 N–H and O–H groups in total. The number of nitrogens with zero attached hydrogens (tertiary/aromatic N) is 1. The number of hydrogen-bond acceptors (Lipinski definition) is 4. The number of carbonyl (C=O) groups excluding carboxylic acids is 1. The minimum absolute atomic E-state index is 0. The van der Waals surface area contributed by atoms with E-state index >= 15 is 0 Å². The van der Waals surface area contributed by atoms with Gasteiger partial charge in [-0.1, -0.05) is 6.92 Å². The second kappa shape index (κ2) is 9.50. The molecule has 1 fully saturated rings. The summed E-state index contributed by atoms with van der Waals surface area (Å²) in [7, 11) is 0. The summed E-state index contributed by atoms with van der Waals surface area (Å²) in [5.74, 6) is 0.184. The zero-order valence-corrected chi connectivity index (χ0v) is 15.1. The molecule has 1 saturated heterocycles. The van der Waals surface area contributed by atoms with Crippen molar-refractivity contribution in [2.75, 3.05) is 26.2 Å². The molecule has 126 valence electrons. The van der Waals surface area contributed by atoms with Crippen molar-refractivity contribution in [2.24, 2.45) is 5.73 Å². The molecule has 1 aliphatic rings. The molecule has 0 atom stereocenters. The molecule has 1 amide bonds. The third-order valence-electron chi connectivity index (χ3n) is 3.98. The summed E-state index contributed by atoms with van der Waals surface area (Å²) in [6, 6.07) is 2.04. The Kier molecular flexibility index (Phi) is 8.39. The van der Waals surface area contributed by atoms with Crippen LogP contribution in [0.2, 0.25) is 0 Å². The Bertz CT molecular complexity index is 471. The molecule has 0 aromatic carbocycles. The van der Waals surface area contributed by atoms with Gasteiger partial charge in [0.1, 0.15) is 0 Å². The number of likely N-dealkylation sites (tertiary alicyclic amines) is 1. The molecule has 1 aromatic heterocycles. The molecule has 0 unspecified atom stereocenters. The first-order valence-corrected chi connectivity index (χ1v) is 8.67. The lowest BCUT2D eigenvalue weighted by atomic mass is 10.1. The van der Waals surface area contributed by atoms with Gasteiger partial charge in [0.15, 0.2) is 0 Å². The Morgan fingerprint density at radius 1 is 1.45 bits per heavy atom. The quantitative estimate of drug-likeness (QED) is 0.805. The van der Waals surface area contributed by atoms with Gasteiger partial charge >= 0.3 is 0 Å². The van der Waals surface area contributed by atoms with Gasteiger partial charge in [-0.25, -0.2) is 0 Å². The number of halogens is 1. The smallest absolute Gasteiger partial charge is 0.263 e. The molecule has 2 heterocycles. The average molecular weight is 347 g/mol. The number of hydrogen-bond donors (Lipinski definition) is 1. The monoisotopic (exact) mass is 346 g/mol. The number of nitrogens with two attached hydrogens (primary N) is 1. The minimum atomic E-state index is 0. The molecule has 0 saturated carbocycles. The van der Waals surface area contributed by atoms with E-state index in [0.29, 0.717) is 6.54 Å². The SMILES string of the molecule is CCc1sc(C(=O)N2CCC(OCCCN)CC2)cc1C.Cl. The van der Waals surface area contributed by atoms with Gasteiger partial charge in [0, 0.05) is 24.6 Å². The fraction of sp³-hybridized carbons (Fsp3) is 0.688. The van der Waals surface area contributed by atoms with E-state index in [-0.39, 0.29) is 24.4 Å². The normalized spacial score (nSPS) is 15.7. The second-order valence-corrected chi connectivity index (χ2v) is 6.71. The number of amides is 1. The van der Waals surface area contributed by atoms with Crippen molar-refractivity contribution in [3.63, 3.8) is 0 Å². The predicted octanol–water partition coefficient (Wildman–Crippen LogP) is 3.01. The van der Waals surface area contributed by atoms with E-state index in [1.807, 2.05) is 11.0 Å². The third-order valence-corrected chi connectivity index (χ3v) is 5.35. The highest BCUT2D eigenvalue weighted by atomic mass is 35.5. The van der Waals surface area contributed by atoms with Crippen LogP contribution in [0.25, 0.3) is 0 Å². The lowest BCUT2D eigenvalue weighted by Crippen LogP contribution is -2.40. The number of carbonyl (C=O) groups is 1. The van der Waals surface area contributed by atoms with Crippen molar-refractivity contribution in [1.82, 2.24) is 4.90 Å². The number of piperidine rings is 1. The molecule has 6 heteroatoms. The second-order valence-electron chi connectivity index (χ2n) is 5.57. The third kappa shape index (κ3) is 4.95. The molecule has 1 aromatic rings. The maximum Gasteiger partial charge on any atom is 0.263 e. The van der Waals surface area contributed by atoms with Gasteiger partial charge in [-0.05, 0) is 50.8 Å². The molecular weight excluding hydrogens is 320 g/mol. The van der Waals surface area contributed by atoms with E-state index in [9.17, 15) is 4.79 Å². The molecule has 0 spiro atoms. The first-order chi connectivity index (χ1) is 10.2. The van der Waals surface area contributed by atoms with Crippen LogP contribution in [0.15, 0.2) is 6.07 Å². The highest BCUT2D eigenvalue weighted by Crippen LogP contribution is 2.25. The van der Waals surface area contributed by atoms with E-state index in [2.05, 4.69) is 13.8 Å². The maximum atomic E-state index is 12.5. The number of thiophene rings is 1. The van der Waals surface area contributed by atoms with Crippen LogP contribution >= 0.6 is 23.7 Å². The van der Waals surface area contributed by atoms with E-state index in [0.717, 1.165) is 50.3 Å². The Labute approximate surface area is 143 Å². The van der Waals surface area contributed by atoms with E-state index in [4.69, 9.17) is 10.5 Å². The largest absolute Gasteiger partial charge is 0.378 e. The Morgan fingerprint density at radius 2 is 2.14 bits per heavy atom. The molecule has 0 radical (unpaired) electrons. The summed E-state index contributed by atoms with van der Waals surface area (Å²) in [6.45, 7) is 7.23. The first-order valence-electron chi connectivity index (χ1n) is 7.86. The van der Waals surface area contributed by atoms with Crippen LogP contribution < -0.4 is 5.73 Å². The number of ether oxygens (including phenoxy) is 1. The van der Waals surface area contributed by atoms with E-state index in [1.165, 1.54) is 10.4 Å². The standard InChI is InChI=1S/C16H26N2O2S.ClH/c1-3-14-12(2)11-15(21-14)16(19)18-8-5-13(6-9-18)20-10-4-7-17;/h11,13H,3-10,17H2,1-2H3;1H. The molecule has 0 bridgehead atoms. The Hall–Kier alpha value is -0.620. The van der Waals surface area contributed by atoms with Crippen LogP contribution in [0.1, 0.15) is 46.3 Å². The van der Waals surface area contributed by atoms with Crippen LogP contribution in [0.5, 0.6) is 0 Å². The van der Waals surface area contributed by atoms with Crippen molar-refractivity contribution < 1.29 is 9.53 Å². The zero-order chi connectivity index (χ0) is 15.2.